The average Bonchev–Trinajstić information content (AvgIpc) is 2.21. The van der Waals surface area contributed by atoms with Gasteiger partial charge in [0.25, 0.3) is 0 Å². The molecule has 1 N–H and O–H groups in total. The summed E-state index contributed by atoms with van der Waals surface area (Å²) in [6.45, 7) is 2.29. The maximum Gasteiger partial charge on any atom is 0.182 e. The predicted octanol–water partition coefficient (Wildman–Crippen LogP) is 1.07. The Bertz CT molecular complexity index is 271. The van der Waals surface area contributed by atoms with E-state index in [0.717, 1.165) is 5.88 Å². The smallest absolute Gasteiger partial charge is 0.182 e. The molecule has 0 aliphatic heterocycles. The molecule has 0 aromatic carbocycles. The number of nitrogens with one attached hydrogen (secondary N) is 1. The predicted molar refractivity (Wildman–Crippen MR) is 49.6 cm³/mol. The Morgan fingerprint density at radius 1 is 1.54 bits per heavy atom. The van der Waals surface area contributed by atoms with Gasteiger partial charge in [0, 0.05) is 19.4 Å². The maximum atomic E-state index is 5.35. The molecule has 0 amide bonds. The lowest BCUT2D eigenvalue weighted by atomic mass is 10.6. The summed E-state index contributed by atoms with van der Waals surface area (Å²) in [5, 5.41) is 2.91. The van der Waals surface area contributed by atoms with E-state index in [0.29, 0.717) is 12.4 Å². The van der Waals surface area contributed by atoms with E-state index in [1.807, 2.05) is 13.0 Å². The fourth-order valence-electron chi connectivity index (χ4n) is 0.847. The SMILES string of the molecule is C/C=C(\NC)OCc1ncccn1. The van der Waals surface area contributed by atoms with Crippen molar-refractivity contribution in [2.24, 2.45) is 0 Å². The largest absolute Gasteiger partial charge is 0.471 e. The fourth-order valence-corrected chi connectivity index (χ4v) is 0.847. The highest BCUT2D eigenvalue weighted by molar-refractivity contribution is 4.90. The van der Waals surface area contributed by atoms with E-state index in [4.69, 9.17) is 4.74 Å². The van der Waals surface area contributed by atoms with Crippen LogP contribution in [0.25, 0.3) is 0 Å². The van der Waals surface area contributed by atoms with Crippen LogP contribution in [-0.2, 0) is 11.3 Å². The Balaban J connectivity index is 2.43. The highest BCUT2D eigenvalue weighted by atomic mass is 16.5. The summed E-state index contributed by atoms with van der Waals surface area (Å²) in [6, 6.07) is 1.78. The lowest BCUT2D eigenvalue weighted by molar-refractivity contribution is 0.174. The van der Waals surface area contributed by atoms with Gasteiger partial charge in [0.15, 0.2) is 11.7 Å². The summed E-state index contributed by atoms with van der Waals surface area (Å²) in [4.78, 5) is 8.06. The van der Waals surface area contributed by atoms with Gasteiger partial charge in [-0.1, -0.05) is 0 Å². The molecular weight excluding hydrogens is 166 g/mol. The third-order valence-electron chi connectivity index (χ3n) is 1.48. The van der Waals surface area contributed by atoms with Gasteiger partial charge in [0.05, 0.1) is 0 Å². The minimum absolute atomic E-state index is 0.390. The molecule has 0 saturated heterocycles. The van der Waals surface area contributed by atoms with E-state index in [2.05, 4.69) is 15.3 Å². The number of rotatable bonds is 4. The molecule has 0 aliphatic carbocycles. The summed E-state index contributed by atoms with van der Waals surface area (Å²) < 4.78 is 5.35. The molecule has 0 spiro atoms. The van der Waals surface area contributed by atoms with Crippen molar-refractivity contribution >= 4 is 0 Å². The van der Waals surface area contributed by atoms with Gasteiger partial charge in [-0.3, -0.25) is 0 Å². The van der Waals surface area contributed by atoms with Crippen LogP contribution in [0.15, 0.2) is 30.4 Å². The Morgan fingerprint density at radius 2 is 2.23 bits per heavy atom. The van der Waals surface area contributed by atoms with Gasteiger partial charge in [0.1, 0.15) is 6.61 Å². The molecule has 0 radical (unpaired) electrons. The molecule has 13 heavy (non-hydrogen) atoms. The number of hydrogen-bond acceptors (Lipinski definition) is 4. The first-order valence-corrected chi connectivity index (χ1v) is 4.09. The minimum atomic E-state index is 0.390. The lowest BCUT2D eigenvalue weighted by Gasteiger charge is -2.07. The molecule has 0 saturated carbocycles. The number of ether oxygens (including phenoxy) is 1. The van der Waals surface area contributed by atoms with Gasteiger partial charge in [0.2, 0.25) is 0 Å². The molecule has 4 nitrogen and oxygen atoms in total. The third kappa shape index (κ3) is 3.11. The summed E-state index contributed by atoms with van der Waals surface area (Å²) >= 11 is 0. The Hall–Kier alpha value is -1.58. The molecule has 1 aromatic heterocycles. The Kier molecular flexibility index (Phi) is 3.75. The highest BCUT2D eigenvalue weighted by Crippen LogP contribution is 1.97. The second-order valence-electron chi connectivity index (χ2n) is 2.36. The molecule has 1 aromatic rings. The molecular formula is C9H13N3O. The van der Waals surface area contributed by atoms with Crippen LogP contribution in [0.1, 0.15) is 12.7 Å². The number of hydrogen-bond donors (Lipinski definition) is 1. The zero-order valence-corrected chi connectivity index (χ0v) is 7.82. The van der Waals surface area contributed by atoms with E-state index in [-0.39, 0.29) is 0 Å². The van der Waals surface area contributed by atoms with Crippen LogP contribution < -0.4 is 5.32 Å². The first kappa shape index (κ1) is 9.51. The molecule has 1 rings (SSSR count). The minimum Gasteiger partial charge on any atom is -0.471 e. The van der Waals surface area contributed by atoms with Crippen LogP contribution in [0.4, 0.5) is 0 Å². The van der Waals surface area contributed by atoms with Crippen molar-refractivity contribution < 1.29 is 4.74 Å². The van der Waals surface area contributed by atoms with Crippen molar-refractivity contribution in [2.45, 2.75) is 13.5 Å². The van der Waals surface area contributed by atoms with Gasteiger partial charge in [-0.2, -0.15) is 0 Å². The van der Waals surface area contributed by atoms with Gasteiger partial charge < -0.3 is 10.1 Å². The summed E-state index contributed by atoms with van der Waals surface area (Å²) in [5.74, 6) is 1.41. The first-order valence-electron chi connectivity index (χ1n) is 4.09. The Labute approximate surface area is 77.7 Å². The second kappa shape index (κ2) is 5.13. The number of aromatic nitrogens is 2. The standard InChI is InChI=1S/C9H13N3O/c1-3-9(10-2)13-7-8-11-5-4-6-12-8/h3-6,10H,7H2,1-2H3/b9-3+. The van der Waals surface area contributed by atoms with E-state index >= 15 is 0 Å². The van der Waals surface area contributed by atoms with E-state index in [1.165, 1.54) is 0 Å². The zero-order chi connectivity index (χ0) is 9.52. The van der Waals surface area contributed by atoms with Gasteiger partial charge in [-0.15, -0.1) is 0 Å². The van der Waals surface area contributed by atoms with Gasteiger partial charge in [-0.05, 0) is 19.1 Å². The van der Waals surface area contributed by atoms with Crippen molar-refractivity contribution in [3.8, 4) is 0 Å². The van der Waals surface area contributed by atoms with Crippen LogP contribution in [0.2, 0.25) is 0 Å². The number of allylic oxidation sites excluding steroid dienone is 1. The lowest BCUT2D eigenvalue weighted by Crippen LogP contribution is -2.10. The molecule has 0 fully saturated rings. The van der Waals surface area contributed by atoms with Crippen LogP contribution in [0.3, 0.4) is 0 Å². The molecule has 1 heterocycles. The normalized spacial score (nSPS) is 11.1. The average molecular weight is 179 g/mol. The van der Waals surface area contributed by atoms with Gasteiger partial charge in [-0.25, -0.2) is 9.97 Å². The monoisotopic (exact) mass is 179 g/mol. The molecule has 0 bridgehead atoms. The van der Waals surface area contributed by atoms with Crippen LogP contribution >= 0.6 is 0 Å². The van der Waals surface area contributed by atoms with Gasteiger partial charge >= 0.3 is 0 Å². The van der Waals surface area contributed by atoms with Crippen molar-refractivity contribution in [3.63, 3.8) is 0 Å². The maximum absolute atomic E-state index is 5.35. The summed E-state index contributed by atoms with van der Waals surface area (Å²) in [5.41, 5.74) is 0. The van der Waals surface area contributed by atoms with Crippen molar-refractivity contribution in [3.05, 3.63) is 36.2 Å². The van der Waals surface area contributed by atoms with Crippen LogP contribution in [0, 0.1) is 0 Å². The highest BCUT2D eigenvalue weighted by Gasteiger charge is 1.96. The topological polar surface area (TPSA) is 47.0 Å². The number of nitrogens with zero attached hydrogens (tertiary/aromatic N) is 2. The third-order valence-corrected chi connectivity index (χ3v) is 1.48. The molecule has 0 unspecified atom stereocenters. The van der Waals surface area contributed by atoms with Crippen molar-refractivity contribution in [1.82, 2.24) is 15.3 Å². The van der Waals surface area contributed by atoms with Crippen molar-refractivity contribution in [1.29, 1.82) is 0 Å². The molecule has 70 valence electrons. The first-order chi connectivity index (χ1) is 6.36. The molecule has 0 atom stereocenters. The zero-order valence-electron chi connectivity index (χ0n) is 7.82. The van der Waals surface area contributed by atoms with Crippen LogP contribution in [0.5, 0.6) is 0 Å². The molecule has 4 heteroatoms. The second-order valence-corrected chi connectivity index (χ2v) is 2.36. The quantitative estimate of drug-likeness (QED) is 0.702. The van der Waals surface area contributed by atoms with Crippen LogP contribution in [-0.4, -0.2) is 17.0 Å². The fraction of sp³-hybridized carbons (Fsp3) is 0.333. The van der Waals surface area contributed by atoms with E-state index in [1.54, 1.807) is 25.5 Å². The van der Waals surface area contributed by atoms with E-state index in [9.17, 15) is 0 Å². The molecule has 0 aliphatic rings. The summed E-state index contributed by atoms with van der Waals surface area (Å²) in [7, 11) is 1.81. The van der Waals surface area contributed by atoms with Crippen molar-refractivity contribution in [2.75, 3.05) is 7.05 Å². The summed E-state index contributed by atoms with van der Waals surface area (Å²) in [6.07, 6.45) is 5.24. The Morgan fingerprint density at radius 3 is 2.77 bits per heavy atom. The van der Waals surface area contributed by atoms with E-state index < -0.39 is 0 Å².